The predicted octanol–water partition coefficient (Wildman–Crippen LogP) is 3.52. The molecule has 0 aliphatic carbocycles. The summed E-state index contributed by atoms with van der Waals surface area (Å²) in [5.74, 6) is 1.11. The van der Waals surface area contributed by atoms with Crippen molar-refractivity contribution in [3.63, 3.8) is 0 Å². The molecule has 1 fully saturated rings. The zero-order chi connectivity index (χ0) is 10.8. The molecule has 2 heterocycles. The van der Waals surface area contributed by atoms with Gasteiger partial charge in [0.25, 0.3) is 0 Å². The quantitative estimate of drug-likeness (QED) is 0.731. The standard InChI is InChI=1S/C11H14Br2N2/c1-8-10(13)2-3-11(14-8)15-6-4-9(12)5-7-15/h2-3,9H,4-7H2,1H3. The van der Waals surface area contributed by atoms with Crippen molar-refractivity contribution in [3.8, 4) is 0 Å². The molecule has 82 valence electrons. The maximum Gasteiger partial charge on any atom is 0.128 e. The molecule has 0 unspecified atom stereocenters. The van der Waals surface area contributed by atoms with E-state index >= 15 is 0 Å². The second kappa shape index (κ2) is 4.83. The third-order valence-corrected chi connectivity index (χ3v) is 4.51. The van der Waals surface area contributed by atoms with Gasteiger partial charge in [-0.3, -0.25) is 0 Å². The lowest BCUT2D eigenvalue weighted by Crippen LogP contribution is -2.34. The topological polar surface area (TPSA) is 16.1 Å². The molecule has 0 spiro atoms. The second-order valence-electron chi connectivity index (χ2n) is 3.90. The first-order chi connectivity index (χ1) is 7.16. The summed E-state index contributed by atoms with van der Waals surface area (Å²) in [4.78, 5) is 7.63. The highest BCUT2D eigenvalue weighted by atomic mass is 79.9. The van der Waals surface area contributed by atoms with Crippen LogP contribution in [0.1, 0.15) is 18.5 Å². The Morgan fingerprint density at radius 2 is 2.00 bits per heavy atom. The van der Waals surface area contributed by atoms with Crippen molar-refractivity contribution in [2.24, 2.45) is 0 Å². The largest absolute Gasteiger partial charge is 0.357 e. The van der Waals surface area contributed by atoms with Crippen LogP contribution in [-0.4, -0.2) is 22.9 Å². The van der Waals surface area contributed by atoms with Gasteiger partial charge >= 0.3 is 0 Å². The Morgan fingerprint density at radius 1 is 1.33 bits per heavy atom. The highest BCUT2D eigenvalue weighted by molar-refractivity contribution is 9.10. The molecule has 0 amide bonds. The Balaban J connectivity index is 2.12. The molecule has 0 bridgehead atoms. The van der Waals surface area contributed by atoms with Crippen molar-refractivity contribution in [1.82, 2.24) is 4.98 Å². The first-order valence-electron chi connectivity index (χ1n) is 5.19. The minimum atomic E-state index is 0.685. The minimum Gasteiger partial charge on any atom is -0.357 e. The van der Waals surface area contributed by atoms with E-state index in [2.05, 4.69) is 53.9 Å². The Hall–Kier alpha value is -0.0900. The molecule has 0 aromatic carbocycles. The van der Waals surface area contributed by atoms with E-state index in [-0.39, 0.29) is 0 Å². The Bertz CT molecular complexity index is 346. The summed E-state index contributed by atoms with van der Waals surface area (Å²) in [7, 11) is 0. The Kier molecular flexibility index (Phi) is 3.67. The van der Waals surface area contributed by atoms with Crippen LogP contribution in [0.25, 0.3) is 0 Å². The zero-order valence-corrected chi connectivity index (χ0v) is 11.9. The van der Waals surface area contributed by atoms with E-state index in [1.54, 1.807) is 0 Å². The third-order valence-electron chi connectivity index (χ3n) is 2.76. The summed E-state index contributed by atoms with van der Waals surface area (Å²) < 4.78 is 1.08. The van der Waals surface area contributed by atoms with Gasteiger partial charge in [-0.25, -0.2) is 4.98 Å². The number of halogens is 2. The molecule has 0 saturated carbocycles. The van der Waals surface area contributed by atoms with Crippen LogP contribution in [0.15, 0.2) is 16.6 Å². The van der Waals surface area contributed by atoms with E-state index in [0.717, 1.165) is 29.1 Å². The number of alkyl halides is 1. The molecule has 1 aromatic rings. The summed E-state index contributed by atoms with van der Waals surface area (Å²) in [6, 6.07) is 4.17. The van der Waals surface area contributed by atoms with Crippen molar-refractivity contribution in [1.29, 1.82) is 0 Å². The lowest BCUT2D eigenvalue weighted by atomic mass is 10.1. The molecule has 4 heteroatoms. The van der Waals surface area contributed by atoms with Crippen LogP contribution in [-0.2, 0) is 0 Å². The van der Waals surface area contributed by atoms with Gasteiger partial charge in [0.15, 0.2) is 0 Å². The van der Waals surface area contributed by atoms with Crippen LogP contribution in [0.5, 0.6) is 0 Å². The molecule has 0 radical (unpaired) electrons. The molecular weight excluding hydrogens is 320 g/mol. The van der Waals surface area contributed by atoms with Crippen LogP contribution in [0.2, 0.25) is 0 Å². The van der Waals surface area contributed by atoms with Crippen molar-refractivity contribution >= 4 is 37.7 Å². The summed E-state index contributed by atoms with van der Waals surface area (Å²) in [6.07, 6.45) is 2.41. The third kappa shape index (κ3) is 2.72. The number of hydrogen-bond donors (Lipinski definition) is 0. The first kappa shape index (κ1) is 11.4. The van der Waals surface area contributed by atoms with E-state index in [0.29, 0.717) is 4.83 Å². The number of piperidine rings is 1. The Morgan fingerprint density at radius 3 is 2.60 bits per heavy atom. The van der Waals surface area contributed by atoms with Gasteiger partial charge in [-0.15, -0.1) is 0 Å². The average molecular weight is 334 g/mol. The predicted molar refractivity (Wildman–Crippen MR) is 70.8 cm³/mol. The maximum absolute atomic E-state index is 4.59. The number of anilines is 1. The van der Waals surface area contributed by atoms with Crippen molar-refractivity contribution < 1.29 is 0 Å². The van der Waals surface area contributed by atoms with E-state index in [1.807, 2.05) is 6.92 Å². The number of hydrogen-bond acceptors (Lipinski definition) is 2. The van der Waals surface area contributed by atoms with E-state index in [4.69, 9.17) is 0 Å². The SMILES string of the molecule is Cc1nc(N2CCC(Br)CC2)ccc1Br. The maximum atomic E-state index is 4.59. The van der Waals surface area contributed by atoms with Gasteiger partial charge in [0, 0.05) is 22.4 Å². The normalized spacial score (nSPS) is 18.2. The number of aryl methyl sites for hydroxylation is 1. The molecule has 1 aliphatic heterocycles. The van der Waals surface area contributed by atoms with Gasteiger partial charge < -0.3 is 4.90 Å². The summed E-state index contributed by atoms with van der Waals surface area (Å²) >= 11 is 7.13. The van der Waals surface area contributed by atoms with Crippen LogP contribution >= 0.6 is 31.9 Å². The summed E-state index contributed by atoms with van der Waals surface area (Å²) in [5.41, 5.74) is 1.06. The smallest absolute Gasteiger partial charge is 0.128 e. The van der Waals surface area contributed by atoms with Crippen LogP contribution in [0, 0.1) is 6.92 Å². The van der Waals surface area contributed by atoms with Crippen molar-refractivity contribution in [3.05, 3.63) is 22.3 Å². The van der Waals surface area contributed by atoms with E-state index in [1.165, 1.54) is 12.8 Å². The summed E-state index contributed by atoms with van der Waals surface area (Å²) in [6.45, 7) is 4.23. The molecule has 0 N–H and O–H groups in total. The van der Waals surface area contributed by atoms with E-state index in [9.17, 15) is 0 Å². The van der Waals surface area contributed by atoms with Crippen molar-refractivity contribution in [2.75, 3.05) is 18.0 Å². The fraction of sp³-hybridized carbons (Fsp3) is 0.545. The number of rotatable bonds is 1. The van der Waals surface area contributed by atoms with Crippen LogP contribution in [0.4, 0.5) is 5.82 Å². The van der Waals surface area contributed by atoms with E-state index < -0.39 is 0 Å². The lowest BCUT2D eigenvalue weighted by molar-refractivity contribution is 0.592. The molecule has 1 saturated heterocycles. The number of pyridine rings is 1. The first-order valence-corrected chi connectivity index (χ1v) is 6.90. The number of aromatic nitrogens is 1. The molecule has 2 nitrogen and oxygen atoms in total. The second-order valence-corrected chi connectivity index (χ2v) is 6.05. The molecule has 0 atom stereocenters. The van der Waals surface area contributed by atoms with Gasteiger partial charge in [0.05, 0.1) is 5.69 Å². The molecule has 15 heavy (non-hydrogen) atoms. The molecular formula is C11H14Br2N2. The van der Waals surface area contributed by atoms with Crippen LogP contribution in [0.3, 0.4) is 0 Å². The Labute approximate surface area is 107 Å². The van der Waals surface area contributed by atoms with Gasteiger partial charge in [-0.05, 0) is 47.8 Å². The zero-order valence-electron chi connectivity index (χ0n) is 8.71. The van der Waals surface area contributed by atoms with Gasteiger partial charge in [-0.2, -0.15) is 0 Å². The molecule has 1 aromatic heterocycles. The monoisotopic (exact) mass is 332 g/mol. The fourth-order valence-corrected chi connectivity index (χ4v) is 2.41. The number of nitrogens with zero attached hydrogens (tertiary/aromatic N) is 2. The fourth-order valence-electron chi connectivity index (χ4n) is 1.78. The lowest BCUT2D eigenvalue weighted by Gasteiger charge is -2.30. The van der Waals surface area contributed by atoms with Crippen molar-refractivity contribution in [2.45, 2.75) is 24.6 Å². The molecule has 1 aliphatic rings. The highest BCUT2D eigenvalue weighted by Gasteiger charge is 2.17. The van der Waals surface area contributed by atoms with Gasteiger partial charge in [-0.1, -0.05) is 15.9 Å². The summed E-state index contributed by atoms with van der Waals surface area (Å²) in [5, 5.41) is 0. The molecule has 2 rings (SSSR count). The minimum absolute atomic E-state index is 0.685. The average Bonchev–Trinajstić information content (AvgIpc) is 2.23. The van der Waals surface area contributed by atoms with Gasteiger partial charge in [0.1, 0.15) is 5.82 Å². The highest BCUT2D eigenvalue weighted by Crippen LogP contribution is 2.24. The van der Waals surface area contributed by atoms with Crippen LogP contribution < -0.4 is 4.90 Å². The van der Waals surface area contributed by atoms with Gasteiger partial charge in [0.2, 0.25) is 0 Å².